The second-order valence-corrected chi connectivity index (χ2v) is 7.98. The van der Waals surface area contributed by atoms with Gasteiger partial charge in [0.15, 0.2) is 0 Å². The summed E-state index contributed by atoms with van der Waals surface area (Å²) in [5.74, 6) is 0. The molecular weight excluding hydrogens is 307 g/mol. The summed E-state index contributed by atoms with van der Waals surface area (Å²) in [7, 11) is 0. The van der Waals surface area contributed by atoms with Crippen molar-refractivity contribution in [1.29, 1.82) is 0 Å². The van der Waals surface area contributed by atoms with Crippen LogP contribution in [0.4, 0.5) is 13.2 Å². The van der Waals surface area contributed by atoms with Crippen molar-refractivity contribution in [3.05, 3.63) is 47.8 Å². The normalized spacial score (nSPS) is 12.5. The number of rotatable bonds is 2. The zero-order valence-electron chi connectivity index (χ0n) is 13.0. The molecule has 0 unspecified atom stereocenters. The number of halogens is 3. The number of alkyl halides is 3. The highest BCUT2D eigenvalue weighted by molar-refractivity contribution is 8.00. The van der Waals surface area contributed by atoms with Crippen LogP contribution in [0.15, 0.2) is 41.4 Å². The maximum Gasteiger partial charge on any atom is 0.417 e. The number of thioether (sulfide) groups is 1. The Balaban J connectivity index is 2.53. The van der Waals surface area contributed by atoms with Crippen LogP contribution in [0.5, 0.6) is 0 Å². The Labute approximate surface area is 133 Å². The van der Waals surface area contributed by atoms with E-state index in [1.165, 1.54) is 17.8 Å². The largest absolute Gasteiger partial charge is 0.417 e. The van der Waals surface area contributed by atoms with Crippen molar-refractivity contribution in [2.75, 3.05) is 0 Å². The zero-order chi connectivity index (χ0) is 16.5. The molecule has 0 saturated carbocycles. The van der Waals surface area contributed by atoms with Gasteiger partial charge in [-0.25, -0.2) is 0 Å². The van der Waals surface area contributed by atoms with Gasteiger partial charge in [0.2, 0.25) is 0 Å². The molecule has 0 amide bonds. The summed E-state index contributed by atoms with van der Waals surface area (Å²) in [6.45, 7) is 7.52. The molecule has 0 radical (unpaired) electrons. The summed E-state index contributed by atoms with van der Waals surface area (Å²) in [6, 6.07) is 8.02. The quantitative estimate of drug-likeness (QED) is 0.631. The predicted molar refractivity (Wildman–Crippen MR) is 85.0 cm³/mol. The van der Waals surface area contributed by atoms with E-state index in [1.54, 1.807) is 30.5 Å². The Kier molecular flexibility index (Phi) is 4.57. The highest BCUT2D eigenvalue weighted by Crippen LogP contribution is 2.42. The fraction of sp³-hybridized carbons (Fsp3) is 0.353. The third-order valence-corrected chi connectivity index (χ3v) is 4.12. The third-order valence-electron chi connectivity index (χ3n) is 2.93. The van der Waals surface area contributed by atoms with E-state index in [1.807, 2.05) is 27.7 Å². The Bertz CT molecular complexity index is 672. The van der Waals surface area contributed by atoms with Crippen LogP contribution < -0.4 is 0 Å². The van der Waals surface area contributed by atoms with E-state index in [0.717, 1.165) is 11.3 Å². The highest BCUT2D eigenvalue weighted by Gasteiger charge is 2.35. The van der Waals surface area contributed by atoms with Gasteiger partial charge in [0, 0.05) is 21.5 Å². The topological polar surface area (TPSA) is 12.9 Å². The minimum Gasteiger partial charge on any atom is -0.262 e. The smallest absolute Gasteiger partial charge is 0.262 e. The molecule has 1 heterocycles. The van der Waals surface area contributed by atoms with Crippen LogP contribution in [-0.4, -0.2) is 9.73 Å². The molecule has 2 rings (SSSR count). The first kappa shape index (κ1) is 16.9. The lowest BCUT2D eigenvalue weighted by Crippen LogP contribution is -2.12. The number of hydrogen-bond acceptors (Lipinski definition) is 2. The standard InChI is InChI=1S/C17H18F3NS/c1-11-9-13(7-8-21-11)12-5-6-15(22-16(2,3)4)14(10-12)17(18,19)20/h5-10H,1-4H3. The summed E-state index contributed by atoms with van der Waals surface area (Å²) in [5, 5.41) is 0. The first-order valence-corrected chi connectivity index (χ1v) is 7.71. The highest BCUT2D eigenvalue weighted by atomic mass is 32.2. The third kappa shape index (κ3) is 4.26. The molecule has 0 aliphatic heterocycles. The molecule has 0 fully saturated rings. The van der Waals surface area contributed by atoms with Crippen molar-refractivity contribution in [2.24, 2.45) is 0 Å². The van der Waals surface area contributed by atoms with Crippen molar-refractivity contribution >= 4 is 11.8 Å². The van der Waals surface area contributed by atoms with Crippen LogP contribution >= 0.6 is 11.8 Å². The summed E-state index contributed by atoms with van der Waals surface area (Å²) >= 11 is 1.23. The second-order valence-electron chi connectivity index (χ2n) is 6.11. The van der Waals surface area contributed by atoms with Gasteiger partial charge >= 0.3 is 6.18 Å². The van der Waals surface area contributed by atoms with Crippen LogP contribution in [0.2, 0.25) is 0 Å². The van der Waals surface area contributed by atoms with Gasteiger partial charge in [-0.1, -0.05) is 26.8 Å². The maximum absolute atomic E-state index is 13.4. The minimum absolute atomic E-state index is 0.259. The Morgan fingerprint density at radius 3 is 2.14 bits per heavy atom. The SMILES string of the molecule is Cc1cc(-c2ccc(SC(C)(C)C)c(C(F)(F)F)c2)ccn1. The van der Waals surface area contributed by atoms with Crippen LogP contribution in [0, 0.1) is 6.92 Å². The molecular formula is C17H18F3NS. The van der Waals surface area contributed by atoms with E-state index in [-0.39, 0.29) is 9.64 Å². The van der Waals surface area contributed by atoms with Gasteiger partial charge < -0.3 is 0 Å². The number of nitrogens with zero attached hydrogens (tertiary/aromatic N) is 1. The molecule has 1 nitrogen and oxygen atoms in total. The average molecular weight is 325 g/mol. The van der Waals surface area contributed by atoms with Gasteiger partial charge in [-0.2, -0.15) is 13.2 Å². The molecule has 1 aromatic heterocycles. The molecule has 22 heavy (non-hydrogen) atoms. The molecule has 0 aliphatic carbocycles. The molecule has 118 valence electrons. The van der Waals surface area contributed by atoms with Gasteiger partial charge in [0.05, 0.1) is 5.56 Å². The summed E-state index contributed by atoms with van der Waals surface area (Å²) in [5.41, 5.74) is 1.49. The molecule has 1 aromatic carbocycles. The lowest BCUT2D eigenvalue weighted by Gasteiger charge is -2.21. The van der Waals surface area contributed by atoms with Crippen LogP contribution in [-0.2, 0) is 6.18 Å². The van der Waals surface area contributed by atoms with E-state index >= 15 is 0 Å². The van der Waals surface area contributed by atoms with Crippen molar-refractivity contribution in [3.8, 4) is 11.1 Å². The van der Waals surface area contributed by atoms with Crippen LogP contribution in [0.1, 0.15) is 32.0 Å². The van der Waals surface area contributed by atoms with E-state index in [2.05, 4.69) is 4.98 Å². The molecule has 0 aliphatic rings. The Morgan fingerprint density at radius 1 is 0.955 bits per heavy atom. The molecule has 0 saturated heterocycles. The minimum atomic E-state index is -4.37. The van der Waals surface area contributed by atoms with Crippen molar-refractivity contribution in [2.45, 2.75) is 43.5 Å². The monoisotopic (exact) mass is 325 g/mol. The van der Waals surface area contributed by atoms with E-state index in [0.29, 0.717) is 5.56 Å². The molecule has 0 atom stereocenters. The van der Waals surface area contributed by atoms with Crippen molar-refractivity contribution in [1.82, 2.24) is 4.98 Å². The van der Waals surface area contributed by atoms with Crippen molar-refractivity contribution in [3.63, 3.8) is 0 Å². The number of aryl methyl sites for hydroxylation is 1. The fourth-order valence-corrected chi connectivity index (χ4v) is 3.16. The number of hydrogen-bond donors (Lipinski definition) is 0. The van der Waals surface area contributed by atoms with Crippen LogP contribution in [0.3, 0.4) is 0 Å². The zero-order valence-corrected chi connectivity index (χ0v) is 13.8. The van der Waals surface area contributed by atoms with E-state index in [9.17, 15) is 13.2 Å². The molecule has 0 N–H and O–H groups in total. The number of aromatic nitrogens is 1. The van der Waals surface area contributed by atoms with Gasteiger partial charge in [0.1, 0.15) is 0 Å². The summed E-state index contributed by atoms with van der Waals surface area (Å²) in [6.07, 6.45) is -2.76. The Hall–Kier alpha value is -1.49. The Morgan fingerprint density at radius 2 is 1.59 bits per heavy atom. The van der Waals surface area contributed by atoms with Gasteiger partial charge in [-0.05, 0) is 42.3 Å². The molecule has 5 heteroatoms. The lowest BCUT2D eigenvalue weighted by atomic mass is 10.0. The van der Waals surface area contributed by atoms with Crippen molar-refractivity contribution < 1.29 is 13.2 Å². The van der Waals surface area contributed by atoms with E-state index in [4.69, 9.17) is 0 Å². The van der Waals surface area contributed by atoms with Gasteiger partial charge in [0.25, 0.3) is 0 Å². The summed E-state index contributed by atoms with van der Waals surface area (Å²) in [4.78, 5) is 4.34. The predicted octanol–water partition coefficient (Wildman–Crippen LogP) is 5.97. The summed E-state index contributed by atoms with van der Waals surface area (Å²) < 4.78 is 39.8. The lowest BCUT2D eigenvalue weighted by molar-refractivity contribution is -0.139. The fourth-order valence-electron chi connectivity index (χ4n) is 2.08. The van der Waals surface area contributed by atoms with E-state index < -0.39 is 11.7 Å². The molecule has 0 spiro atoms. The molecule has 2 aromatic rings. The average Bonchev–Trinajstić information content (AvgIpc) is 2.36. The first-order chi connectivity index (χ1) is 10.1. The molecule has 0 bridgehead atoms. The second kappa shape index (κ2) is 5.95. The number of pyridine rings is 1. The van der Waals surface area contributed by atoms with Gasteiger partial charge in [-0.3, -0.25) is 4.98 Å². The first-order valence-electron chi connectivity index (χ1n) is 6.89. The van der Waals surface area contributed by atoms with Gasteiger partial charge in [-0.15, -0.1) is 11.8 Å². The number of benzene rings is 1. The van der Waals surface area contributed by atoms with Crippen LogP contribution in [0.25, 0.3) is 11.1 Å². The maximum atomic E-state index is 13.4.